The quantitative estimate of drug-likeness (QED) is 0.185. The molecule has 3 rings (SSSR count). The maximum absolute atomic E-state index is 14.8. The molecule has 0 spiro atoms. The van der Waals surface area contributed by atoms with E-state index in [4.69, 9.17) is 9.47 Å². The minimum Gasteiger partial charge on any atom is -0.508 e. The minimum atomic E-state index is -1.41. The van der Waals surface area contributed by atoms with E-state index in [1.54, 1.807) is 12.1 Å². The summed E-state index contributed by atoms with van der Waals surface area (Å²) >= 11 is 0. The van der Waals surface area contributed by atoms with Gasteiger partial charge < -0.3 is 14.6 Å². The molecule has 1 atom stereocenters. The van der Waals surface area contributed by atoms with Crippen LogP contribution in [0, 0.1) is 11.3 Å². The number of phenols is 1. The SMILES string of the molecule is CCCCc1cc(COC(=O)C(CCCC)(C(=O)OC2CC(C)(C)N(C)C(C)(C)C2)C2CC(C)(C)N(C)C(C)(C)C2)ccc1O. The lowest BCUT2D eigenvalue weighted by molar-refractivity contribution is -0.193. The molecule has 2 aliphatic rings. The lowest BCUT2D eigenvalue weighted by Gasteiger charge is -2.57. The summed E-state index contributed by atoms with van der Waals surface area (Å²) in [5.74, 6) is -0.869. The molecule has 2 saturated heterocycles. The van der Waals surface area contributed by atoms with E-state index >= 15 is 0 Å². The van der Waals surface area contributed by atoms with Crippen molar-refractivity contribution in [2.75, 3.05) is 14.1 Å². The molecule has 7 heteroatoms. The van der Waals surface area contributed by atoms with Crippen LogP contribution < -0.4 is 0 Å². The maximum atomic E-state index is 14.8. The van der Waals surface area contributed by atoms with E-state index < -0.39 is 17.4 Å². The zero-order valence-corrected chi connectivity index (χ0v) is 30.6. The number of hydrogen-bond donors (Lipinski definition) is 1. The second-order valence-electron chi connectivity index (χ2n) is 16.6. The number of hydrogen-bond acceptors (Lipinski definition) is 7. The summed E-state index contributed by atoms with van der Waals surface area (Å²) in [6.07, 6.45) is 7.22. The first-order chi connectivity index (χ1) is 20.7. The molecule has 0 radical (unpaired) electrons. The molecule has 0 amide bonds. The number of unbranched alkanes of at least 4 members (excludes halogenated alkanes) is 2. The molecule has 2 aliphatic heterocycles. The van der Waals surface area contributed by atoms with Crippen molar-refractivity contribution in [2.45, 2.75) is 168 Å². The second kappa shape index (κ2) is 13.9. The van der Waals surface area contributed by atoms with Crippen LogP contribution in [0.4, 0.5) is 0 Å². The van der Waals surface area contributed by atoms with E-state index in [0.29, 0.717) is 32.1 Å². The first-order valence-corrected chi connectivity index (χ1v) is 17.4. The Balaban J connectivity index is 2.04. The number of benzene rings is 1. The van der Waals surface area contributed by atoms with Crippen molar-refractivity contribution in [1.82, 2.24) is 9.80 Å². The molecule has 0 bridgehead atoms. The van der Waals surface area contributed by atoms with Crippen LogP contribution in [0.2, 0.25) is 0 Å². The number of ether oxygens (including phenoxy) is 2. The van der Waals surface area contributed by atoms with Crippen LogP contribution in [-0.2, 0) is 32.1 Å². The zero-order valence-electron chi connectivity index (χ0n) is 30.6. The highest BCUT2D eigenvalue weighted by Gasteiger charge is 2.60. The second-order valence-corrected chi connectivity index (χ2v) is 16.6. The Bertz CT molecular complexity index is 1150. The number of likely N-dealkylation sites (tertiary alicyclic amines) is 2. The third-order valence-electron chi connectivity index (χ3n) is 11.5. The highest BCUT2D eigenvalue weighted by Crippen LogP contribution is 2.51. The lowest BCUT2D eigenvalue weighted by atomic mass is 9.60. The van der Waals surface area contributed by atoms with E-state index in [-0.39, 0.29) is 46.5 Å². The van der Waals surface area contributed by atoms with Gasteiger partial charge in [-0.3, -0.25) is 19.4 Å². The zero-order chi connectivity index (χ0) is 34.0. The van der Waals surface area contributed by atoms with Crippen molar-refractivity contribution in [3.05, 3.63) is 29.3 Å². The van der Waals surface area contributed by atoms with Gasteiger partial charge in [0.2, 0.25) is 0 Å². The molecule has 1 aromatic rings. The number of carbonyl (C=O) groups excluding carboxylic acids is 2. The van der Waals surface area contributed by atoms with E-state index in [0.717, 1.165) is 43.2 Å². The molecule has 0 saturated carbocycles. The summed E-state index contributed by atoms with van der Waals surface area (Å²) in [6.45, 7) is 21.9. The fourth-order valence-corrected chi connectivity index (χ4v) is 8.19. The highest BCUT2D eigenvalue weighted by molar-refractivity contribution is 6.00. The number of rotatable bonds is 12. The number of nitrogens with zero attached hydrogens (tertiary/aromatic N) is 2. The molecule has 2 heterocycles. The highest BCUT2D eigenvalue weighted by atomic mass is 16.6. The van der Waals surface area contributed by atoms with Gasteiger partial charge in [-0.25, -0.2) is 0 Å². The van der Waals surface area contributed by atoms with Crippen LogP contribution in [0.5, 0.6) is 5.75 Å². The molecular weight excluding hydrogens is 564 g/mol. The van der Waals surface area contributed by atoms with Crippen molar-refractivity contribution in [1.29, 1.82) is 0 Å². The third kappa shape index (κ3) is 8.06. The van der Waals surface area contributed by atoms with E-state index in [1.165, 1.54) is 0 Å². The van der Waals surface area contributed by atoms with Gasteiger partial charge in [-0.2, -0.15) is 0 Å². The third-order valence-corrected chi connectivity index (χ3v) is 11.5. The van der Waals surface area contributed by atoms with E-state index in [2.05, 4.69) is 93.1 Å². The number of aryl methyl sites for hydroxylation is 1. The van der Waals surface area contributed by atoms with Crippen molar-refractivity contribution in [3.8, 4) is 5.75 Å². The Kier molecular flexibility index (Phi) is 11.6. The molecule has 7 nitrogen and oxygen atoms in total. The van der Waals surface area contributed by atoms with Crippen LogP contribution in [0.15, 0.2) is 18.2 Å². The van der Waals surface area contributed by atoms with E-state index in [9.17, 15) is 14.7 Å². The molecule has 45 heavy (non-hydrogen) atoms. The fraction of sp³-hybridized carbons (Fsp3) is 0.789. The number of phenolic OH excluding ortho intramolecular Hbond substituents is 1. The van der Waals surface area contributed by atoms with Crippen molar-refractivity contribution in [3.63, 3.8) is 0 Å². The minimum absolute atomic E-state index is 0.0487. The van der Waals surface area contributed by atoms with Crippen LogP contribution >= 0.6 is 0 Å². The largest absolute Gasteiger partial charge is 0.508 e. The van der Waals surface area contributed by atoms with Gasteiger partial charge in [-0.15, -0.1) is 0 Å². The Morgan fingerprint density at radius 3 is 1.84 bits per heavy atom. The van der Waals surface area contributed by atoms with Gasteiger partial charge in [-0.05, 0) is 131 Å². The summed E-state index contributed by atoms with van der Waals surface area (Å²) in [4.78, 5) is 34.3. The normalized spacial score (nSPS) is 23.3. The topological polar surface area (TPSA) is 79.3 Å². The average molecular weight is 629 g/mol. The molecule has 256 valence electrons. The van der Waals surface area contributed by atoms with Crippen LogP contribution in [0.25, 0.3) is 0 Å². The monoisotopic (exact) mass is 628 g/mol. The molecule has 1 N–H and O–H groups in total. The molecule has 0 aromatic heterocycles. The van der Waals surface area contributed by atoms with Crippen molar-refractivity contribution in [2.24, 2.45) is 11.3 Å². The predicted molar refractivity (Wildman–Crippen MR) is 182 cm³/mol. The Hall–Kier alpha value is -2.12. The Morgan fingerprint density at radius 2 is 1.33 bits per heavy atom. The van der Waals surface area contributed by atoms with Crippen molar-refractivity contribution < 1.29 is 24.2 Å². The van der Waals surface area contributed by atoms with Crippen LogP contribution in [0.3, 0.4) is 0 Å². The standard InChI is InChI=1S/C38H64N2O5/c1-13-15-17-28-21-27(18-19-31(28)41)26-44-32(42)38(20-16-14-2,29-22-34(3,4)39(11)35(5,6)23-29)33(43)45-30-24-36(7,8)40(12)37(9,10)25-30/h18-19,21,29-30,41H,13-17,20,22-26H2,1-12H3. The lowest BCUT2D eigenvalue weighted by Crippen LogP contribution is -2.64. The molecule has 0 aliphatic carbocycles. The summed E-state index contributed by atoms with van der Waals surface area (Å²) in [7, 11) is 4.28. The molecular formula is C38H64N2O5. The van der Waals surface area contributed by atoms with Gasteiger partial charge in [0.15, 0.2) is 5.41 Å². The average Bonchev–Trinajstić information content (AvgIpc) is 2.93. The van der Waals surface area contributed by atoms with Crippen LogP contribution in [-0.4, -0.2) is 69.2 Å². The molecule has 2 fully saturated rings. The number of piperidine rings is 2. The number of carbonyl (C=O) groups is 2. The van der Waals surface area contributed by atoms with E-state index in [1.807, 2.05) is 6.07 Å². The fourth-order valence-electron chi connectivity index (χ4n) is 8.19. The summed E-state index contributed by atoms with van der Waals surface area (Å²) in [6, 6.07) is 5.40. The van der Waals surface area contributed by atoms with Gasteiger partial charge in [0.1, 0.15) is 18.5 Å². The smallest absolute Gasteiger partial charge is 0.324 e. The Labute approximate surface area is 274 Å². The van der Waals surface area contributed by atoms with Gasteiger partial charge >= 0.3 is 11.9 Å². The van der Waals surface area contributed by atoms with Gasteiger partial charge in [-0.1, -0.05) is 39.2 Å². The van der Waals surface area contributed by atoms with Crippen LogP contribution in [0.1, 0.15) is 138 Å². The summed E-state index contributed by atoms with van der Waals surface area (Å²) in [5.41, 5.74) is -0.525. The predicted octanol–water partition coefficient (Wildman–Crippen LogP) is 8.05. The maximum Gasteiger partial charge on any atom is 0.324 e. The van der Waals surface area contributed by atoms with Crippen molar-refractivity contribution >= 4 is 11.9 Å². The first kappa shape index (κ1) is 37.3. The van der Waals surface area contributed by atoms with Gasteiger partial charge in [0.05, 0.1) is 0 Å². The molecule has 1 unspecified atom stereocenters. The summed E-state index contributed by atoms with van der Waals surface area (Å²) < 4.78 is 12.7. The summed E-state index contributed by atoms with van der Waals surface area (Å²) in [5, 5.41) is 10.4. The first-order valence-electron chi connectivity index (χ1n) is 17.4. The van der Waals surface area contributed by atoms with Gasteiger partial charge in [0.25, 0.3) is 0 Å². The molecule has 1 aromatic carbocycles. The number of esters is 2. The Morgan fingerprint density at radius 1 is 0.822 bits per heavy atom. The van der Waals surface area contributed by atoms with Gasteiger partial charge in [0, 0.05) is 35.0 Å². The number of aromatic hydroxyl groups is 1.